The van der Waals surface area contributed by atoms with Gasteiger partial charge >= 0.3 is 18.0 Å². The molecule has 0 bridgehead atoms. The van der Waals surface area contributed by atoms with E-state index in [2.05, 4.69) is 20.4 Å². The number of esters is 2. The summed E-state index contributed by atoms with van der Waals surface area (Å²) in [5.41, 5.74) is -4.15. The van der Waals surface area contributed by atoms with E-state index in [0.29, 0.717) is 17.5 Å². The minimum absolute atomic E-state index is 0.128. The zero-order chi connectivity index (χ0) is 38.4. The predicted octanol–water partition coefficient (Wildman–Crippen LogP) is 6.16. The molecule has 0 aliphatic heterocycles. The van der Waals surface area contributed by atoms with Crippen LogP contribution in [0.3, 0.4) is 0 Å². The van der Waals surface area contributed by atoms with Crippen molar-refractivity contribution in [3.8, 4) is 5.75 Å². The summed E-state index contributed by atoms with van der Waals surface area (Å²) in [6.07, 6.45) is -1.84. The first-order valence-electron chi connectivity index (χ1n) is 16.2. The van der Waals surface area contributed by atoms with E-state index >= 15 is 0 Å². The summed E-state index contributed by atoms with van der Waals surface area (Å²) in [6.45, 7) is 9.20. The van der Waals surface area contributed by atoms with E-state index in [9.17, 15) is 32.8 Å². The number of aromatic nitrogens is 3. The van der Waals surface area contributed by atoms with E-state index in [-0.39, 0.29) is 23.1 Å². The molecule has 1 amide bonds. The number of anilines is 1. The molecule has 0 aliphatic rings. The van der Waals surface area contributed by atoms with E-state index < -0.39 is 77.0 Å². The van der Waals surface area contributed by atoms with Gasteiger partial charge in [0.2, 0.25) is 0 Å². The highest BCUT2D eigenvalue weighted by Crippen LogP contribution is 2.36. The Morgan fingerprint density at radius 1 is 0.846 bits per heavy atom. The predicted molar refractivity (Wildman–Crippen MR) is 185 cm³/mol. The summed E-state index contributed by atoms with van der Waals surface area (Å²) >= 11 is 0. The summed E-state index contributed by atoms with van der Waals surface area (Å²) in [5, 5.41) is 9.88. The molecule has 0 spiro atoms. The van der Waals surface area contributed by atoms with Gasteiger partial charge < -0.3 is 18.9 Å². The van der Waals surface area contributed by atoms with Crippen LogP contribution in [0.4, 0.5) is 19.3 Å². The largest absolute Gasteiger partial charge is 0.489 e. The third-order valence-corrected chi connectivity index (χ3v) is 7.50. The van der Waals surface area contributed by atoms with Crippen LogP contribution in [0.15, 0.2) is 65.5 Å². The summed E-state index contributed by atoms with van der Waals surface area (Å²) in [7, 11) is 1.25. The second-order valence-electron chi connectivity index (χ2n) is 14.0. The summed E-state index contributed by atoms with van der Waals surface area (Å²) in [5.74, 6) is -4.85. The van der Waals surface area contributed by atoms with Crippen molar-refractivity contribution in [3.63, 3.8) is 0 Å². The van der Waals surface area contributed by atoms with Crippen molar-refractivity contribution in [2.45, 2.75) is 78.7 Å². The Morgan fingerprint density at radius 3 is 2.06 bits per heavy atom. The topological polar surface area (TPSA) is 165 Å². The number of amides is 1. The molecule has 1 aromatic heterocycles. The van der Waals surface area contributed by atoms with Gasteiger partial charge in [0.15, 0.2) is 22.8 Å². The van der Waals surface area contributed by atoms with Gasteiger partial charge in [-0.1, -0.05) is 17.3 Å². The summed E-state index contributed by atoms with van der Waals surface area (Å²) in [4.78, 5) is 66.7. The highest BCUT2D eigenvalue weighted by atomic mass is 19.2. The van der Waals surface area contributed by atoms with Gasteiger partial charge in [-0.3, -0.25) is 24.5 Å². The van der Waals surface area contributed by atoms with Gasteiger partial charge in [0.25, 0.3) is 5.56 Å². The fourth-order valence-electron chi connectivity index (χ4n) is 4.97. The molecule has 0 radical (unpaired) electrons. The number of methoxy groups -OCH3 is 1. The molecule has 4 aromatic rings. The molecule has 13 nitrogen and oxygen atoms in total. The number of aryl methyl sites for hydroxylation is 1. The Balaban J connectivity index is 1.63. The van der Waals surface area contributed by atoms with Crippen LogP contribution in [0, 0.1) is 17.0 Å². The third-order valence-electron chi connectivity index (χ3n) is 7.50. The third kappa shape index (κ3) is 9.95. The average Bonchev–Trinajstić information content (AvgIpc) is 3.06. The van der Waals surface area contributed by atoms with Crippen LogP contribution >= 0.6 is 0 Å². The molecule has 4 rings (SSSR count). The van der Waals surface area contributed by atoms with Gasteiger partial charge in [0.1, 0.15) is 29.1 Å². The normalized spacial score (nSPS) is 11.9. The maximum absolute atomic E-state index is 14.0. The van der Waals surface area contributed by atoms with Crippen LogP contribution in [-0.4, -0.2) is 57.1 Å². The molecule has 0 unspecified atom stereocenters. The molecule has 1 heterocycles. The molecule has 52 heavy (non-hydrogen) atoms. The number of hydrogen-bond acceptors (Lipinski definition) is 11. The van der Waals surface area contributed by atoms with Crippen molar-refractivity contribution < 1.29 is 46.9 Å². The lowest BCUT2D eigenvalue weighted by Gasteiger charge is -2.34. The van der Waals surface area contributed by atoms with Crippen molar-refractivity contribution in [1.29, 1.82) is 0 Å². The van der Waals surface area contributed by atoms with Gasteiger partial charge in [-0.25, -0.2) is 18.3 Å². The Kier molecular flexibility index (Phi) is 11.8. The highest BCUT2D eigenvalue weighted by Gasteiger charge is 2.52. The maximum atomic E-state index is 14.0. The molecular weight excluding hydrogens is 682 g/mol. The second kappa shape index (κ2) is 15.7. The van der Waals surface area contributed by atoms with Crippen molar-refractivity contribution in [1.82, 2.24) is 15.0 Å². The average molecular weight is 723 g/mol. The number of nitrogens with one attached hydrogen (secondary N) is 1. The smallest absolute Gasteiger partial charge is 0.411 e. The van der Waals surface area contributed by atoms with Crippen molar-refractivity contribution >= 4 is 40.4 Å². The Labute approximate surface area is 298 Å². The van der Waals surface area contributed by atoms with E-state index in [1.807, 2.05) is 0 Å². The van der Waals surface area contributed by atoms with Crippen molar-refractivity contribution in [2.24, 2.45) is 5.41 Å². The summed E-state index contributed by atoms with van der Waals surface area (Å²) < 4.78 is 50.4. The molecule has 3 aromatic carbocycles. The quantitative estimate of drug-likeness (QED) is 0.0771. The number of ketones is 1. The zero-order valence-electron chi connectivity index (χ0n) is 29.9. The number of Topliss-reactive ketones (excluding diaryl/α,β-unsaturated/α-hetero) is 1. The maximum Gasteiger partial charge on any atom is 0.411 e. The van der Waals surface area contributed by atoms with E-state index in [0.717, 1.165) is 16.3 Å². The molecular formula is C37H40F2N4O9. The fourth-order valence-corrected chi connectivity index (χ4v) is 4.97. The first kappa shape index (κ1) is 39.1. The van der Waals surface area contributed by atoms with E-state index in [4.69, 9.17) is 14.2 Å². The molecule has 0 aliphatic carbocycles. The van der Waals surface area contributed by atoms with Gasteiger partial charge in [0, 0.05) is 30.3 Å². The second-order valence-corrected chi connectivity index (χ2v) is 14.0. The van der Waals surface area contributed by atoms with E-state index in [1.54, 1.807) is 77.9 Å². The van der Waals surface area contributed by atoms with Crippen LogP contribution in [0.5, 0.6) is 5.75 Å². The number of carbonyl (C=O) groups excluding carboxylic acids is 4. The number of hydrogen-bond donors (Lipinski definition) is 1. The number of rotatable bonds is 12. The lowest BCUT2D eigenvalue weighted by molar-refractivity contribution is -0.186. The van der Waals surface area contributed by atoms with Crippen LogP contribution in [-0.2, 0) is 37.0 Å². The van der Waals surface area contributed by atoms with Crippen LogP contribution < -0.4 is 15.6 Å². The van der Waals surface area contributed by atoms with Gasteiger partial charge in [-0.2, -0.15) is 0 Å². The minimum atomic E-state index is -2.28. The Hall–Kier alpha value is -5.73. The zero-order valence-corrected chi connectivity index (χ0v) is 29.9. The highest BCUT2D eigenvalue weighted by molar-refractivity contribution is 6.07. The lowest BCUT2D eigenvalue weighted by atomic mass is 9.78. The molecule has 276 valence electrons. The number of nitrogens with zero attached hydrogens (tertiary/aromatic N) is 3. The molecule has 0 atom stereocenters. The molecule has 1 N–H and O–H groups in total. The molecule has 0 saturated carbocycles. The van der Waals surface area contributed by atoms with Gasteiger partial charge in [-0.15, -0.1) is 5.10 Å². The summed E-state index contributed by atoms with van der Waals surface area (Å²) in [6, 6.07) is 14.3. The lowest BCUT2D eigenvalue weighted by Crippen LogP contribution is -2.49. The van der Waals surface area contributed by atoms with E-state index in [1.165, 1.54) is 19.2 Å². The monoisotopic (exact) mass is 722 g/mol. The van der Waals surface area contributed by atoms with Crippen molar-refractivity contribution in [2.75, 3.05) is 12.4 Å². The number of benzene rings is 3. The Morgan fingerprint density at radius 2 is 1.46 bits per heavy atom. The SMILES string of the molecule is COC(=O)Nc1cccc(COc2ccc(C(=O)CC(CCn3nnc4cc(F)c(F)cc4c3=O)(C(=O)OC(C)(C)C)C(=O)OC(C)(C)C)cc2)c1. The Bertz CT molecular complexity index is 2010. The number of fused-ring (bicyclic) bond motifs is 1. The molecule has 15 heteroatoms. The minimum Gasteiger partial charge on any atom is -0.489 e. The standard InChI is InChI=1S/C37H40F2N4O9/c1-35(2,3)51-32(46)37(33(47)52-36(4,5)6,15-16-43-31(45)26-18-27(38)28(39)19-29(26)41-42-43)20-30(44)23-11-13-25(14-12-23)50-21-22-9-8-10-24(17-22)40-34(48)49-7/h8-14,17-19H,15-16,20-21H2,1-7H3,(H,40,48). The first-order chi connectivity index (χ1) is 24.3. The van der Waals surface area contributed by atoms with Crippen LogP contribution in [0.2, 0.25) is 0 Å². The van der Waals surface area contributed by atoms with Crippen LogP contribution in [0.1, 0.15) is 70.3 Å². The van der Waals surface area contributed by atoms with Crippen LogP contribution in [0.25, 0.3) is 10.9 Å². The molecule has 0 saturated heterocycles. The number of carbonyl (C=O) groups is 4. The number of ether oxygens (including phenoxy) is 4. The van der Waals surface area contributed by atoms with Crippen molar-refractivity contribution in [3.05, 3.63) is 93.8 Å². The van der Waals surface area contributed by atoms with Gasteiger partial charge in [0.05, 0.1) is 12.5 Å². The fraction of sp³-hybridized carbons (Fsp3) is 0.378. The van der Waals surface area contributed by atoms with Gasteiger partial charge in [-0.05, 0) is 96.0 Å². The number of halogens is 2. The first-order valence-corrected chi connectivity index (χ1v) is 16.2. The molecule has 0 fully saturated rings.